The number of hydrogen-bond donors (Lipinski definition) is 0. The topological polar surface area (TPSA) is 9.23 Å². The van der Waals surface area contributed by atoms with E-state index in [4.69, 9.17) is 4.74 Å². The molecule has 0 N–H and O–H groups in total. The molecule has 0 spiro atoms. The second-order valence-electron chi connectivity index (χ2n) is 3.18. The second-order valence-corrected chi connectivity index (χ2v) is 3.18. The fourth-order valence-electron chi connectivity index (χ4n) is 1.08. The van der Waals surface area contributed by atoms with Crippen LogP contribution in [0, 0.1) is 12.7 Å². The van der Waals surface area contributed by atoms with Gasteiger partial charge in [0.05, 0.1) is 6.10 Å². The third kappa shape index (κ3) is 1.42. The van der Waals surface area contributed by atoms with Gasteiger partial charge in [-0.2, -0.15) is 0 Å². The summed E-state index contributed by atoms with van der Waals surface area (Å²) in [4.78, 5) is 0. The van der Waals surface area contributed by atoms with Gasteiger partial charge in [-0.15, -0.1) is 0 Å². The van der Waals surface area contributed by atoms with Crippen molar-refractivity contribution < 1.29 is 9.13 Å². The van der Waals surface area contributed by atoms with Crippen molar-refractivity contribution in [1.29, 1.82) is 0 Å². The largest absolute Gasteiger partial charge is 0.490 e. The van der Waals surface area contributed by atoms with Crippen LogP contribution in [-0.2, 0) is 0 Å². The third-order valence-corrected chi connectivity index (χ3v) is 2.04. The monoisotopic (exact) mass is 166 g/mol. The molecule has 12 heavy (non-hydrogen) atoms. The Morgan fingerprint density at radius 2 is 2.17 bits per heavy atom. The third-order valence-electron chi connectivity index (χ3n) is 2.04. The van der Waals surface area contributed by atoms with E-state index in [0.717, 1.165) is 12.8 Å². The van der Waals surface area contributed by atoms with Crippen LogP contribution < -0.4 is 4.74 Å². The van der Waals surface area contributed by atoms with Crippen LogP contribution in [0.15, 0.2) is 18.2 Å². The van der Waals surface area contributed by atoms with Gasteiger partial charge in [-0.05, 0) is 31.9 Å². The Kier molecular flexibility index (Phi) is 1.75. The van der Waals surface area contributed by atoms with Crippen molar-refractivity contribution in [3.05, 3.63) is 29.6 Å². The first kappa shape index (κ1) is 7.59. The normalized spacial score (nSPS) is 16.2. The Morgan fingerprint density at radius 3 is 2.83 bits per heavy atom. The highest BCUT2D eigenvalue weighted by molar-refractivity contribution is 5.33. The molecule has 2 heteroatoms. The van der Waals surface area contributed by atoms with Crippen LogP contribution >= 0.6 is 0 Å². The van der Waals surface area contributed by atoms with Crippen LogP contribution in [-0.4, -0.2) is 6.10 Å². The fourth-order valence-corrected chi connectivity index (χ4v) is 1.08. The minimum absolute atomic E-state index is 0.187. The van der Waals surface area contributed by atoms with Crippen molar-refractivity contribution in [3.8, 4) is 5.75 Å². The summed E-state index contributed by atoms with van der Waals surface area (Å²) in [7, 11) is 0. The molecular weight excluding hydrogens is 155 g/mol. The maximum Gasteiger partial charge on any atom is 0.129 e. The van der Waals surface area contributed by atoms with Gasteiger partial charge in [-0.25, -0.2) is 4.39 Å². The van der Waals surface area contributed by atoms with Crippen LogP contribution in [0.1, 0.15) is 18.4 Å². The lowest BCUT2D eigenvalue weighted by molar-refractivity contribution is 0.299. The highest BCUT2D eigenvalue weighted by atomic mass is 19.1. The predicted molar refractivity (Wildman–Crippen MR) is 44.8 cm³/mol. The number of hydrogen-bond acceptors (Lipinski definition) is 1. The maximum atomic E-state index is 13.0. The molecule has 64 valence electrons. The Hall–Kier alpha value is -1.05. The van der Waals surface area contributed by atoms with E-state index in [0.29, 0.717) is 17.4 Å². The minimum atomic E-state index is -0.187. The van der Waals surface area contributed by atoms with E-state index in [1.54, 1.807) is 13.0 Å². The molecule has 0 bridgehead atoms. The van der Waals surface area contributed by atoms with Gasteiger partial charge >= 0.3 is 0 Å². The van der Waals surface area contributed by atoms with Gasteiger partial charge in [0.2, 0.25) is 0 Å². The Bertz CT molecular complexity index is 292. The molecule has 1 aliphatic rings. The predicted octanol–water partition coefficient (Wildman–Crippen LogP) is 2.68. The molecule has 0 unspecified atom stereocenters. The zero-order chi connectivity index (χ0) is 8.55. The highest BCUT2D eigenvalue weighted by Crippen LogP contribution is 2.29. The van der Waals surface area contributed by atoms with Crippen molar-refractivity contribution in [2.45, 2.75) is 25.9 Å². The van der Waals surface area contributed by atoms with Gasteiger partial charge in [0.1, 0.15) is 11.6 Å². The first-order chi connectivity index (χ1) is 5.77. The van der Waals surface area contributed by atoms with Gasteiger partial charge in [-0.1, -0.05) is 6.07 Å². The first-order valence-corrected chi connectivity index (χ1v) is 4.19. The van der Waals surface area contributed by atoms with E-state index in [9.17, 15) is 4.39 Å². The van der Waals surface area contributed by atoms with Gasteiger partial charge < -0.3 is 4.74 Å². The smallest absolute Gasteiger partial charge is 0.129 e. The van der Waals surface area contributed by atoms with Crippen molar-refractivity contribution >= 4 is 0 Å². The zero-order valence-corrected chi connectivity index (χ0v) is 7.01. The van der Waals surface area contributed by atoms with E-state index in [1.165, 1.54) is 6.07 Å². The molecule has 0 atom stereocenters. The molecular formula is C10H11FO. The second kappa shape index (κ2) is 2.77. The minimum Gasteiger partial charge on any atom is -0.490 e. The molecule has 0 radical (unpaired) electrons. The Balaban J connectivity index is 2.23. The molecule has 1 saturated carbocycles. The van der Waals surface area contributed by atoms with Crippen LogP contribution in [0.3, 0.4) is 0 Å². The maximum absolute atomic E-state index is 13.0. The lowest BCUT2D eigenvalue weighted by Gasteiger charge is -2.07. The van der Waals surface area contributed by atoms with Crippen LogP contribution in [0.2, 0.25) is 0 Å². The molecule has 1 aliphatic carbocycles. The summed E-state index contributed by atoms with van der Waals surface area (Å²) in [5, 5.41) is 0. The highest BCUT2D eigenvalue weighted by Gasteiger charge is 2.24. The summed E-state index contributed by atoms with van der Waals surface area (Å²) in [6.45, 7) is 1.74. The van der Waals surface area contributed by atoms with Crippen LogP contribution in [0.5, 0.6) is 5.75 Å². The zero-order valence-electron chi connectivity index (χ0n) is 7.01. The summed E-state index contributed by atoms with van der Waals surface area (Å²) in [5.74, 6) is 0.505. The molecule has 1 fully saturated rings. The lowest BCUT2D eigenvalue weighted by atomic mass is 10.2. The number of ether oxygens (including phenoxy) is 1. The van der Waals surface area contributed by atoms with Gasteiger partial charge in [0, 0.05) is 5.56 Å². The molecule has 2 rings (SSSR count). The van der Waals surface area contributed by atoms with Crippen LogP contribution in [0.25, 0.3) is 0 Å². The molecule has 0 aliphatic heterocycles. The van der Waals surface area contributed by atoms with Crippen molar-refractivity contribution in [3.63, 3.8) is 0 Å². The summed E-state index contributed by atoms with van der Waals surface area (Å²) >= 11 is 0. The Morgan fingerprint density at radius 1 is 1.42 bits per heavy atom. The van der Waals surface area contributed by atoms with E-state index >= 15 is 0 Å². The molecule has 0 aromatic heterocycles. The molecule has 1 nitrogen and oxygen atoms in total. The van der Waals surface area contributed by atoms with Crippen LogP contribution in [0.4, 0.5) is 4.39 Å². The lowest BCUT2D eigenvalue weighted by Crippen LogP contribution is -1.98. The average molecular weight is 166 g/mol. The van der Waals surface area contributed by atoms with E-state index in [2.05, 4.69) is 0 Å². The van der Waals surface area contributed by atoms with Gasteiger partial charge in [0.25, 0.3) is 0 Å². The van der Waals surface area contributed by atoms with Crippen molar-refractivity contribution in [1.82, 2.24) is 0 Å². The summed E-state index contributed by atoms with van der Waals surface area (Å²) in [6, 6.07) is 4.95. The SMILES string of the molecule is Cc1c(F)cccc1OC1CC1. The molecule has 1 aromatic rings. The van der Waals surface area contributed by atoms with Crippen molar-refractivity contribution in [2.75, 3.05) is 0 Å². The quantitative estimate of drug-likeness (QED) is 0.656. The van der Waals surface area contributed by atoms with E-state index in [1.807, 2.05) is 6.07 Å². The summed E-state index contributed by atoms with van der Waals surface area (Å²) in [5.41, 5.74) is 0.615. The molecule has 0 heterocycles. The number of benzene rings is 1. The number of rotatable bonds is 2. The number of halogens is 1. The molecule has 0 amide bonds. The van der Waals surface area contributed by atoms with Gasteiger partial charge in [0.15, 0.2) is 0 Å². The average Bonchev–Trinajstić information content (AvgIpc) is 2.83. The summed E-state index contributed by atoms with van der Waals surface area (Å²) in [6.07, 6.45) is 2.55. The van der Waals surface area contributed by atoms with E-state index < -0.39 is 0 Å². The fraction of sp³-hybridized carbons (Fsp3) is 0.400. The summed E-state index contributed by atoms with van der Waals surface area (Å²) < 4.78 is 18.5. The van der Waals surface area contributed by atoms with Crippen molar-refractivity contribution in [2.24, 2.45) is 0 Å². The van der Waals surface area contributed by atoms with Gasteiger partial charge in [-0.3, -0.25) is 0 Å². The van der Waals surface area contributed by atoms with E-state index in [-0.39, 0.29) is 5.82 Å². The molecule has 1 aromatic carbocycles. The standard InChI is InChI=1S/C10H11FO/c1-7-9(11)3-2-4-10(7)12-8-5-6-8/h2-4,8H,5-6H2,1H3. The first-order valence-electron chi connectivity index (χ1n) is 4.19. The molecule has 0 saturated heterocycles. The Labute approximate surface area is 71.2 Å².